The number of benzene rings is 2. The van der Waals surface area contributed by atoms with Gasteiger partial charge < -0.3 is 9.47 Å². The summed E-state index contributed by atoms with van der Waals surface area (Å²) in [6.07, 6.45) is 1.88. The van der Waals surface area contributed by atoms with Crippen molar-refractivity contribution in [2.45, 2.75) is 25.2 Å². The quantitative estimate of drug-likeness (QED) is 0.770. The normalized spacial score (nSPS) is 11.2. The average molecular weight is 283 g/mol. The van der Waals surface area contributed by atoms with Crippen LogP contribution in [-0.4, -0.2) is 14.2 Å². The van der Waals surface area contributed by atoms with Crippen molar-refractivity contribution in [1.29, 1.82) is 0 Å². The Morgan fingerprint density at radius 3 is 1.48 bits per heavy atom. The van der Waals surface area contributed by atoms with Gasteiger partial charge in [-0.3, -0.25) is 0 Å². The molecular weight excluding hydrogens is 260 g/mol. The minimum absolute atomic E-state index is 0.0553. The molecule has 1 radical (unpaired) electrons. The van der Waals surface area contributed by atoms with E-state index in [2.05, 4.69) is 38.1 Å². The second kappa shape index (κ2) is 6.66. The summed E-state index contributed by atoms with van der Waals surface area (Å²) in [5, 5.41) is 0. The fraction of sp³-hybridized carbons (Fsp3) is 0.316. The third-order valence-corrected chi connectivity index (χ3v) is 4.13. The molecule has 21 heavy (non-hydrogen) atoms. The van der Waals surface area contributed by atoms with Crippen molar-refractivity contribution < 1.29 is 9.47 Å². The van der Waals surface area contributed by atoms with Gasteiger partial charge in [0.1, 0.15) is 11.5 Å². The highest BCUT2D eigenvalue weighted by Gasteiger charge is 2.28. The number of methoxy groups -OCH3 is 2. The van der Waals surface area contributed by atoms with Crippen molar-refractivity contribution >= 4 is 0 Å². The van der Waals surface area contributed by atoms with Gasteiger partial charge in [0, 0.05) is 5.41 Å². The average Bonchev–Trinajstić information content (AvgIpc) is 2.55. The minimum Gasteiger partial charge on any atom is -0.497 e. The largest absolute Gasteiger partial charge is 0.497 e. The second-order valence-electron chi connectivity index (χ2n) is 5.39. The number of hydrogen-bond acceptors (Lipinski definition) is 2. The molecule has 0 aliphatic heterocycles. The van der Waals surface area contributed by atoms with Crippen LogP contribution in [0.2, 0.25) is 0 Å². The van der Waals surface area contributed by atoms with Gasteiger partial charge in [-0.25, -0.2) is 0 Å². The summed E-state index contributed by atoms with van der Waals surface area (Å²) in [5.74, 6) is 1.76. The van der Waals surface area contributed by atoms with Crippen molar-refractivity contribution in [1.82, 2.24) is 0 Å². The molecule has 0 amide bonds. The zero-order valence-corrected chi connectivity index (χ0v) is 13.1. The van der Waals surface area contributed by atoms with Crippen LogP contribution in [0.4, 0.5) is 0 Å². The smallest absolute Gasteiger partial charge is 0.118 e. The van der Waals surface area contributed by atoms with Crippen LogP contribution in [0.15, 0.2) is 48.5 Å². The van der Waals surface area contributed by atoms with Gasteiger partial charge in [-0.15, -0.1) is 0 Å². The Balaban J connectivity index is 2.41. The monoisotopic (exact) mass is 283 g/mol. The first kappa shape index (κ1) is 15.4. The molecule has 111 valence electrons. The van der Waals surface area contributed by atoms with E-state index in [-0.39, 0.29) is 5.41 Å². The molecule has 0 N–H and O–H groups in total. The number of rotatable bonds is 6. The second-order valence-corrected chi connectivity index (χ2v) is 5.39. The van der Waals surface area contributed by atoms with Gasteiger partial charge in [-0.05, 0) is 41.8 Å². The van der Waals surface area contributed by atoms with Crippen LogP contribution in [0.25, 0.3) is 0 Å². The van der Waals surface area contributed by atoms with E-state index < -0.39 is 0 Å². The third-order valence-electron chi connectivity index (χ3n) is 4.13. The van der Waals surface area contributed by atoms with Crippen LogP contribution in [0, 0.1) is 6.92 Å². The molecule has 0 aliphatic rings. The van der Waals surface area contributed by atoms with Gasteiger partial charge in [0.25, 0.3) is 0 Å². The first-order valence-electron chi connectivity index (χ1n) is 7.22. The Morgan fingerprint density at radius 2 is 1.19 bits per heavy atom. The lowest BCUT2D eigenvalue weighted by Gasteiger charge is -2.31. The maximum atomic E-state index is 5.25. The van der Waals surface area contributed by atoms with Gasteiger partial charge in [-0.1, -0.05) is 44.5 Å². The molecular formula is C19H23O2. The third kappa shape index (κ3) is 3.21. The fourth-order valence-electron chi connectivity index (χ4n) is 2.73. The first-order valence-corrected chi connectivity index (χ1v) is 7.22. The molecule has 0 spiro atoms. The molecule has 0 fully saturated rings. The summed E-state index contributed by atoms with van der Waals surface area (Å²) in [7, 11) is 3.38. The zero-order valence-electron chi connectivity index (χ0n) is 13.1. The molecule has 2 nitrogen and oxygen atoms in total. The van der Waals surface area contributed by atoms with E-state index in [1.54, 1.807) is 14.2 Å². The van der Waals surface area contributed by atoms with E-state index >= 15 is 0 Å². The maximum absolute atomic E-state index is 5.25. The Hall–Kier alpha value is -1.96. The molecule has 2 aromatic carbocycles. The molecule has 0 aromatic heterocycles. The van der Waals surface area contributed by atoms with Gasteiger partial charge in [0.05, 0.1) is 14.2 Å². The summed E-state index contributed by atoms with van der Waals surface area (Å²) in [6, 6.07) is 16.6. The van der Waals surface area contributed by atoms with Crippen molar-refractivity contribution in [2.24, 2.45) is 0 Å². The van der Waals surface area contributed by atoms with Gasteiger partial charge >= 0.3 is 0 Å². The highest BCUT2D eigenvalue weighted by Crippen LogP contribution is 2.37. The molecule has 0 saturated heterocycles. The summed E-state index contributed by atoms with van der Waals surface area (Å²) in [6.45, 7) is 6.31. The van der Waals surface area contributed by atoms with Crippen molar-refractivity contribution in [3.63, 3.8) is 0 Å². The van der Waals surface area contributed by atoms with Crippen molar-refractivity contribution in [3.8, 4) is 11.5 Å². The molecule has 2 heteroatoms. The lowest BCUT2D eigenvalue weighted by atomic mass is 9.73. The van der Waals surface area contributed by atoms with Crippen LogP contribution < -0.4 is 9.47 Å². The van der Waals surface area contributed by atoms with E-state index in [9.17, 15) is 0 Å². The van der Waals surface area contributed by atoms with E-state index in [0.29, 0.717) is 0 Å². The van der Waals surface area contributed by atoms with E-state index in [1.165, 1.54) is 11.1 Å². The Bertz CT molecular complexity index is 508. The SMILES string of the molecule is [CH2]CCC(C)(c1ccc(OC)cc1)c1ccc(OC)cc1. The van der Waals surface area contributed by atoms with Crippen LogP contribution in [-0.2, 0) is 5.41 Å². The summed E-state index contributed by atoms with van der Waals surface area (Å²) < 4.78 is 10.5. The number of hydrogen-bond donors (Lipinski definition) is 0. The van der Waals surface area contributed by atoms with Crippen molar-refractivity contribution in [2.75, 3.05) is 14.2 Å². The molecule has 0 heterocycles. The van der Waals surface area contributed by atoms with Gasteiger partial charge in [0.15, 0.2) is 0 Å². The maximum Gasteiger partial charge on any atom is 0.118 e. The lowest BCUT2D eigenvalue weighted by Crippen LogP contribution is -2.23. The van der Waals surface area contributed by atoms with E-state index in [1.807, 2.05) is 24.3 Å². The van der Waals surface area contributed by atoms with Crippen LogP contribution in [0.5, 0.6) is 11.5 Å². The first-order chi connectivity index (χ1) is 10.1. The Morgan fingerprint density at radius 1 is 0.810 bits per heavy atom. The lowest BCUT2D eigenvalue weighted by molar-refractivity contribution is 0.413. The predicted molar refractivity (Wildman–Crippen MR) is 87.0 cm³/mol. The van der Waals surface area contributed by atoms with E-state index in [4.69, 9.17) is 9.47 Å². The molecule has 0 atom stereocenters. The van der Waals surface area contributed by atoms with Gasteiger partial charge in [-0.2, -0.15) is 0 Å². The molecule has 0 saturated carbocycles. The highest BCUT2D eigenvalue weighted by atomic mass is 16.5. The molecule has 2 aromatic rings. The molecule has 0 unspecified atom stereocenters. The highest BCUT2D eigenvalue weighted by molar-refractivity contribution is 5.42. The topological polar surface area (TPSA) is 18.5 Å². The minimum atomic E-state index is -0.0553. The number of ether oxygens (including phenoxy) is 2. The van der Waals surface area contributed by atoms with E-state index in [0.717, 1.165) is 24.3 Å². The molecule has 2 rings (SSSR count). The summed E-state index contributed by atoms with van der Waals surface area (Å²) >= 11 is 0. The standard InChI is InChI=1S/C19H23O2/c1-5-14-19(2,15-6-10-17(20-3)11-7-15)16-8-12-18(21-4)13-9-16/h6-13H,1,5,14H2,2-4H3. The summed E-state index contributed by atoms with van der Waals surface area (Å²) in [4.78, 5) is 0. The van der Waals surface area contributed by atoms with Crippen LogP contribution >= 0.6 is 0 Å². The molecule has 0 aliphatic carbocycles. The Kier molecular flexibility index (Phi) is 4.89. The Labute approximate surface area is 127 Å². The summed E-state index contributed by atoms with van der Waals surface area (Å²) in [5.41, 5.74) is 2.49. The fourth-order valence-corrected chi connectivity index (χ4v) is 2.73. The van der Waals surface area contributed by atoms with Crippen molar-refractivity contribution in [3.05, 3.63) is 66.6 Å². The van der Waals surface area contributed by atoms with Crippen LogP contribution in [0.1, 0.15) is 30.9 Å². The van der Waals surface area contributed by atoms with Gasteiger partial charge in [0.2, 0.25) is 0 Å². The molecule has 0 bridgehead atoms. The zero-order chi connectivity index (χ0) is 15.3. The predicted octanol–water partition coefficient (Wildman–Crippen LogP) is 4.62. The van der Waals surface area contributed by atoms with Crippen LogP contribution in [0.3, 0.4) is 0 Å².